The number of hydrogen-bond donors (Lipinski definition) is 1. The van der Waals surface area contributed by atoms with Crippen molar-refractivity contribution in [3.05, 3.63) is 65.7 Å². The Hall–Kier alpha value is -3.08. The quantitative estimate of drug-likeness (QED) is 0.503. The van der Waals surface area contributed by atoms with Gasteiger partial charge in [-0.05, 0) is 24.6 Å². The van der Waals surface area contributed by atoms with E-state index in [0.717, 1.165) is 5.56 Å². The van der Waals surface area contributed by atoms with E-state index >= 15 is 0 Å². The second-order valence-electron chi connectivity index (χ2n) is 5.12. The Kier molecular flexibility index (Phi) is 5.73. The van der Waals surface area contributed by atoms with E-state index in [0.29, 0.717) is 16.9 Å². The summed E-state index contributed by atoms with van der Waals surface area (Å²) in [5.74, 6) is -0.701. The van der Waals surface area contributed by atoms with Crippen LogP contribution in [-0.2, 0) is 14.3 Å². The van der Waals surface area contributed by atoms with E-state index in [1.165, 1.54) is 6.92 Å². The summed E-state index contributed by atoms with van der Waals surface area (Å²) in [6.45, 7) is 1.44. The van der Waals surface area contributed by atoms with Crippen LogP contribution < -0.4 is 10.5 Å². The molecule has 0 aliphatic carbocycles. The van der Waals surface area contributed by atoms with Crippen LogP contribution in [-0.4, -0.2) is 25.1 Å². The summed E-state index contributed by atoms with van der Waals surface area (Å²) in [6, 6.07) is 16.4. The first-order valence-electron chi connectivity index (χ1n) is 7.43. The van der Waals surface area contributed by atoms with E-state index in [2.05, 4.69) is 0 Å². The summed E-state index contributed by atoms with van der Waals surface area (Å²) < 4.78 is 10.5. The Bertz CT molecular complexity index is 753. The fraction of sp³-hybridized carbons (Fsp3) is 0.158. The zero-order valence-corrected chi connectivity index (χ0v) is 13.6. The first kappa shape index (κ1) is 17.3. The van der Waals surface area contributed by atoms with Gasteiger partial charge in [-0.25, -0.2) is 4.79 Å². The van der Waals surface area contributed by atoms with Crippen LogP contribution in [0.15, 0.2) is 54.6 Å². The predicted octanol–water partition coefficient (Wildman–Crippen LogP) is 2.65. The number of benzene rings is 2. The molecular weight excluding hydrogens is 306 g/mol. The summed E-state index contributed by atoms with van der Waals surface area (Å²) in [6.07, 6.45) is 0.659. The van der Waals surface area contributed by atoms with Crippen LogP contribution in [0.1, 0.15) is 18.1 Å². The third-order valence-electron chi connectivity index (χ3n) is 3.43. The third-order valence-corrected chi connectivity index (χ3v) is 3.43. The molecule has 1 unspecified atom stereocenters. The van der Waals surface area contributed by atoms with Gasteiger partial charge in [0.05, 0.1) is 12.7 Å². The highest BCUT2D eigenvalue weighted by Crippen LogP contribution is 2.25. The lowest BCUT2D eigenvalue weighted by molar-refractivity contribution is -0.147. The van der Waals surface area contributed by atoms with Gasteiger partial charge in [-0.15, -0.1) is 0 Å². The molecule has 5 heteroatoms. The summed E-state index contributed by atoms with van der Waals surface area (Å²) in [4.78, 5) is 23.7. The molecular formula is C19H19NO4. The molecule has 0 saturated carbocycles. The smallest absolute Gasteiger partial charge is 0.339 e. The molecule has 0 aliphatic rings. The Morgan fingerprint density at radius 3 is 2.29 bits per heavy atom. The molecule has 0 radical (unpaired) electrons. The lowest BCUT2D eigenvalue weighted by Crippen LogP contribution is -2.30. The van der Waals surface area contributed by atoms with E-state index in [9.17, 15) is 9.59 Å². The fourth-order valence-electron chi connectivity index (χ4n) is 2.10. The van der Waals surface area contributed by atoms with Crippen molar-refractivity contribution in [3.63, 3.8) is 0 Å². The second-order valence-corrected chi connectivity index (χ2v) is 5.12. The number of nitrogens with two attached hydrogens (primary N) is 1. The number of para-hydroxylation sites is 1. The molecule has 124 valence electrons. The lowest BCUT2D eigenvalue weighted by atomic mass is 10.0. The molecule has 0 fully saturated rings. The molecule has 0 heterocycles. The van der Waals surface area contributed by atoms with Crippen molar-refractivity contribution in [1.29, 1.82) is 0 Å². The molecule has 2 rings (SSSR count). The number of methoxy groups -OCH3 is 1. The van der Waals surface area contributed by atoms with Gasteiger partial charge in [0.1, 0.15) is 5.75 Å². The maximum absolute atomic E-state index is 12.5. The van der Waals surface area contributed by atoms with Gasteiger partial charge < -0.3 is 15.2 Å². The number of carbonyl (C=O) groups is 2. The van der Waals surface area contributed by atoms with Gasteiger partial charge in [-0.3, -0.25) is 4.79 Å². The van der Waals surface area contributed by atoms with Crippen molar-refractivity contribution in [2.24, 2.45) is 5.73 Å². The molecule has 1 amide bonds. The minimum Gasteiger partial charge on any atom is -0.496 e. The van der Waals surface area contributed by atoms with Crippen molar-refractivity contribution in [1.82, 2.24) is 0 Å². The zero-order chi connectivity index (χ0) is 17.5. The standard InChI is InChI=1S/C19H19NO4/c1-13(18(20)21)24-19(22)16(14-8-4-3-5-9-14)12-15-10-6-7-11-17(15)23-2/h3-13H,1-2H3,(H2,20,21)/b16-12+. The van der Waals surface area contributed by atoms with Crippen molar-refractivity contribution in [3.8, 4) is 5.75 Å². The number of ether oxygens (including phenoxy) is 2. The number of rotatable bonds is 6. The average Bonchev–Trinajstić information content (AvgIpc) is 2.60. The van der Waals surface area contributed by atoms with Crippen LogP contribution in [0.4, 0.5) is 0 Å². The van der Waals surface area contributed by atoms with Crippen LogP contribution in [0.5, 0.6) is 5.75 Å². The molecule has 5 nitrogen and oxygen atoms in total. The Morgan fingerprint density at radius 2 is 1.67 bits per heavy atom. The highest BCUT2D eigenvalue weighted by atomic mass is 16.5. The van der Waals surface area contributed by atoms with Crippen LogP contribution >= 0.6 is 0 Å². The van der Waals surface area contributed by atoms with Crippen LogP contribution in [0.25, 0.3) is 11.6 Å². The van der Waals surface area contributed by atoms with Gasteiger partial charge in [0, 0.05) is 5.56 Å². The van der Waals surface area contributed by atoms with Crippen LogP contribution in [0.3, 0.4) is 0 Å². The molecule has 0 spiro atoms. The molecule has 2 aromatic carbocycles. The minimum absolute atomic E-state index is 0.313. The van der Waals surface area contributed by atoms with Gasteiger partial charge in [0.2, 0.25) is 0 Å². The lowest BCUT2D eigenvalue weighted by Gasteiger charge is -2.13. The fourth-order valence-corrected chi connectivity index (χ4v) is 2.10. The zero-order valence-electron chi connectivity index (χ0n) is 13.6. The highest BCUT2D eigenvalue weighted by molar-refractivity contribution is 6.22. The number of carbonyl (C=O) groups excluding carboxylic acids is 2. The van der Waals surface area contributed by atoms with Crippen molar-refractivity contribution in [2.75, 3.05) is 7.11 Å². The van der Waals surface area contributed by atoms with Crippen LogP contribution in [0, 0.1) is 0 Å². The molecule has 2 aromatic rings. The van der Waals surface area contributed by atoms with Crippen molar-refractivity contribution >= 4 is 23.5 Å². The Balaban J connectivity index is 2.45. The summed E-state index contributed by atoms with van der Waals surface area (Å²) in [5, 5.41) is 0. The van der Waals surface area contributed by atoms with Crippen molar-refractivity contribution in [2.45, 2.75) is 13.0 Å². The van der Waals surface area contributed by atoms with E-state index in [1.807, 2.05) is 36.4 Å². The number of esters is 1. The molecule has 0 aromatic heterocycles. The van der Waals surface area contributed by atoms with Crippen LogP contribution in [0.2, 0.25) is 0 Å². The Labute approximate surface area is 140 Å². The number of amides is 1. The largest absolute Gasteiger partial charge is 0.496 e. The maximum atomic E-state index is 12.5. The van der Waals surface area contributed by atoms with Gasteiger partial charge in [-0.1, -0.05) is 48.5 Å². The monoisotopic (exact) mass is 325 g/mol. The van der Waals surface area contributed by atoms with Gasteiger partial charge in [0.25, 0.3) is 5.91 Å². The first-order valence-corrected chi connectivity index (χ1v) is 7.43. The molecule has 1 atom stereocenters. The number of primary amides is 1. The van der Waals surface area contributed by atoms with Gasteiger partial charge in [-0.2, -0.15) is 0 Å². The summed E-state index contributed by atoms with van der Waals surface area (Å²) in [7, 11) is 1.56. The summed E-state index contributed by atoms with van der Waals surface area (Å²) in [5.41, 5.74) is 6.87. The maximum Gasteiger partial charge on any atom is 0.339 e. The van der Waals surface area contributed by atoms with Gasteiger partial charge in [0.15, 0.2) is 6.10 Å². The average molecular weight is 325 g/mol. The third kappa shape index (κ3) is 4.23. The second kappa shape index (κ2) is 7.97. The van der Waals surface area contributed by atoms with Gasteiger partial charge >= 0.3 is 5.97 Å². The molecule has 2 N–H and O–H groups in total. The molecule has 0 bridgehead atoms. The summed E-state index contributed by atoms with van der Waals surface area (Å²) >= 11 is 0. The molecule has 24 heavy (non-hydrogen) atoms. The van der Waals surface area contributed by atoms with E-state index in [-0.39, 0.29) is 0 Å². The topological polar surface area (TPSA) is 78.6 Å². The van der Waals surface area contributed by atoms with E-state index in [1.54, 1.807) is 31.4 Å². The number of hydrogen-bond acceptors (Lipinski definition) is 4. The minimum atomic E-state index is -1.01. The molecule has 0 aliphatic heterocycles. The van der Waals surface area contributed by atoms with E-state index in [4.69, 9.17) is 15.2 Å². The predicted molar refractivity (Wildman–Crippen MR) is 92.1 cm³/mol. The SMILES string of the molecule is COc1ccccc1/C=C(/C(=O)OC(C)C(N)=O)c1ccccc1. The Morgan fingerprint density at radius 1 is 1.04 bits per heavy atom. The molecule has 0 saturated heterocycles. The first-order chi connectivity index (χ1) is 11.5. The van der Waals surface area contributed by atoms with Crippen molar-refractivity contribution < 1.29 is 19.1 Å². The highest BCUT2D eigenvalue weighted by Gasteiger charge is 2.20. The normalized spacial score (nSPS) is 12.3. The van der Waals surface area contributed by atoms with E-state index < -0.39 is 18.0 Å².